The number of carbonyl (C=O) groups excluding carboxylic acids is 1. The zero-order valence-electron chi connectivity index (χ0n) is 14.2. The lowest BCUT2D eigenvalue weighted by molar-refractivity contribution is 0.0711. The number of rotatable bonds is 3. The number of hydrogen-bond acceptors (Lipinski definition) is 3. The van der Waals surface area contributed by atoms with Crippen LogP contribution in [0.3, 0.4) is 0 Å². The summed E-state index contributed by atoms with van der Waals surface area (Å²) in [6, 6.07) is 18.2. The van der Waals surface area contributed by atoms with Gasteiger partial charge in [-0.3, -0.25) is 9.78 Å². The first-order chi connectivity index (χ1) is 13.1. The maximum absolute atomic E-state index is 13.1. The van der Waals surface area contributed by atoms with Crippen LogP contribution in [0.25, 0.3) is 0 Å². The van der Waals surface area contributed by atoms with E-state index in [9.17, 15) is 4.79 Å². The third-order valence-electron chi connectivity index (χ3n) is 4.46. The van der Waals surface area contributed by atoms with Crippen LogP contribution in [0.2, 0.25) is 10.0 Å². The number of hydrazone groups is 1. The van der Waals surface area contributed by atoms with Crippen LogP contribution in [0.1, 0.15) is 33.9 Å². The second kappa shape index (κ2) is 7.51. The topological polar surface area (TPSA) is 45.6 Å². The minimum atomic E-state index is -0.208. The van der Waals surface area contributed by atoms with Gasteiger partial charge in [-0.05, 0) is 47.5 Å². The van der Waals surface area contributed by atoms with Gasteiger partial charge in [0, 0.05) is 28.9 Å². The molecule has 1 amide bonds. The van der Waals surface area contributed by atoms with Gasteiger partial charge in [0.2, 0.25) is 0 Å². The van der Waals surface area contributed by atoms with Crippen molar-refractivity contribution in [3.8, 4) is 0 Å². The second-order valence-corrected chi connectivity index (χ2v) is 7.09. The first-order valence-corrected chi connectivity index (χ1v) is 9.20. The molecule has 0 saturated carbocycles. The molecule has 1 atom stereocenters. The predicted octanol–water partition coefficient (Wildman–Crippen LogP) is 5.38. The zero-order valence-corrected chi connectivity index (χ0v) is 15.7. The third-order valence-corrected chi connectivity index (χ3v) is 4.96. The number of benzene rings is 2. The normalized spacial score (nSPS) is 16.3. The molecule has 2 heterocycles. The highest BCUT2D eigenvalue weighted by Crippen LogP contribution is 2.34. The fraction of sp³-hybridized carbons (Fsp3) is 0.0952. The average molecular weight is 396 g/mol. The van der Waals surface area contributed by atoms with E-state index in [4.69, 9.17) is 23.2 Å². The number of pyridine rings is 1. The van der Waals surface area contributed by atoms with E-state index in [1.165, 1.54) is 5.01 Å². The van der Waals surface area contributed by atoms with E-state index in [1.807, 2.05) is 48.5 Å². The van der Waals surface area contributed by atoms with Crippen LogP contribution < -0.4 is 0 Å². The number of halogens is 2. The molecule has 1 aromatic heterocycles. The molecule has 0 spiro atoms. The van der Waals surface area contributed by atoms with Gasteiger partial charge in [0.25, 0.3) is 5.91 Å². The quantitative estimate of drug-likeness (QED) is 0.597. The van der Waals surface area contributed by atoms with Crippen molar-refractivity contribution in [1.82, 2.24) is 9.99 Å². The molecule has 4 rings (SSSR count). The Bertz CT molecular complexity index is 986. The molecule has 1 aliphatic rings. The molecule has 0 saturated heterocycles. The molecule has 0 radical (unpaired) electrons. The predicted molar refractivity (Wildman–Crippen MR) is 107 cm³/mol. The molecule has 0 aliphatic carbocycles. The molecule has 0 fully saturated rings. The summed E-state index contributed by atoms with van der Waals surface area (Å²) >= 11 is 12.0. The van der Waals surface area contributed by atoms with E-state index in [0.29, 0.717) is 22.0 Å². The van der Waals surface area contributed by atoms with Crippen LogP contribution in [0, 0.1) is 0 Å². The van der Waals surface area contributed by atoms with Gasteiger partial charge in [-0.25, -0.2) is 5.01 Å². The maximum Gasteiger partial charge on any atom is 0.276 e. The number of aromatic nitrogens is 1. The average Bonchev–Trinajstić information content (AvgIpc) is 3.14. The Kier molecular flexibility index (Phi) is 4.92. The van der Waals surface area contributed by atoms with Gasteiger partial charge in [0.05, 0.1) is 17.3 Å². The lowest BCUT2D eigenvalue weighted by Gasteiger charge is -2.22. The van der Waals surface area contributed by atoms with Gasteiger partial charge in [0.15, 0.2) is 0 Å². The lowest BCUT2D eigenvalue weighted by atomic mass is 9.98. The Hall–Kier alpha value is -2.69. The summed E-state index contributed by atoms with van der Waals surface area (Å²) in [4.78, 5) is 17.1. The van der Waals surface area contributed by atoms with Crippen molar-refractivity contribution >= 4 is 34.8 Å². The van der Waals surface area contributed by atoms with Crippen LogP contribution >= 0.6 is 23.2 Å². The minimum absolute atomic E-state index is 0.188. The van der Waals surface area contributed by atoms with E-state index in [-0.39, 0.29) is 11.9 Å². The van der Waals surface area contributed by atoms with Crippen LogP contribution in [0.15, 0.2) is 78.2 Å². The Labute approximate surface area is 167 Å². The summed E-state index contributed by atoms with van der Waals surface area (Å²) < 4.78 is 0. The molecule has 4 nitrogen and oxygen atoms in total. The van der Waals surface area contributed by atoms with Gasteiger partial charge in [-0.15, -0.1) is 0 Å². The maximum atomic E-state index is 13.1. The highest BCUT2D eigenvalue weighted by atomic mass is 35.5. The largest absolute Gasteiger partial charge is 0.276 e. The number of amides is 1. The van der Waals surface area contributed by atoms with E-state index in [2.05, 4.69) is 10.1 Å². The van der Waals surface area contributed by atoms with Gasteiger partial charge in [-0.1, -0.05) is 47.5 Å². The molecular formula is C21H15Cl2N3O. The molecule has 1 aliphatic heterocycles. The highest BCUT2D eigenvalue weighted by molar-refractivity contribution is 6.31. The smallest absolute Gasteiger partial charge is 0.267 e. The van der Waals surface area contributed by atoms with Crippen molar-refractivity contribution in [2.75, 3.05) is 0 Å². The SMILES string of the molecule is O=C(c1cccnc1)N1N=C(c2ccc(Cl)cc2)CC1c1ccc(Cl)cc1. The number of nitrogens with zero attached hydrogens (tertiary/aromatic N) is 3. The fourth-order valence-corrected chi connectivity index (χ4v) is 3.33. The van der Waals surface area contributed by atoms with E-state index >= 15 is 0 Å². The molecule has 0 N–H and O–H groups in total. The summed E-state index contributed by atoms with van der Waals surface area (Å²) in [6.45, 7) is 0. The molecule has 6 heteroatoms. The Morgan fingerprint density at radius 3 is 2.26 bits per heavy atom. The zero-order chi connectivity index (χ0) is 18.8. The molecule has 2 aromatic carbocycles. The lowest BCUT2D eigenvalue weighted by Crippen LogP contribution is -2.27. The fourth-order valence-electron chi connectivity index (χ4n) is 3.08. The molecule has 134 valence electrons. The van der Waals surface area contributed by atoms with Gasteiger partial charge >= 0.3 is 0 Å². The van der Waals surface area contributed by atoms with Gasteiger partial charge in [-0.2, -0.15) is 5.10 Å². The van der Waals surface area contributed by atoms with E-state index in [0.717, 1.165) is 16.8 Å². The second-order valence-electron chi connectivity index (χ2n) is 6.22. The standard InChI is InChI=1S/C21H15Cl2N3O/c22-17-7-3-14(4-8-17)19-12-20(15-5-9-18(23)10-6-15)26(25-19)21(27)16-2-1-11-24-13-16/h1-11,13,20H,12H2. The third kappa shape index (κ3) is 3.72. The molecule has 3 aromatic rings. The summed E-state index contributed by atoms with van der Waals surface area (Å²) in [5, 5.41) is 7.49. The molecular weight excluding hydrogens is 381 g/mol. The summed E-state index contributed by atoms with van der Waals surface area (Å²) in [7, 11) is 0. The monoisotopic (exact) mass is 395 g/mol. The summed E-state index contributed by atoms with van der Waals surface area (Å²) in [6.07, 6.45) is 3.80. The van der Waals surface area contributed by atoms with E-state index < -0.39 is 0 Å². The van der Waals surface area contributed by atoms with E-state index in [1.54, 1.807) is 24.5 Å². The molecule has 0 bridgehead atoms. The van der Waals surface area contributed by atoms with Crippen molar-refractivity contribution < 1.29 is 4.79 Å². The van der Waals surface area contributed by atoms with Crippen molar-refractivity contribution in [2.24, 2.45) is 5.10 Å². The summed E-state index contributed by atoms with van der Waals surface area (Å²) in [5.41, 5.74) is 3.26. The van der Waals surface area contributed by atoms with Crippen LogP contribution in [0.4, 0.5) is 0 Å². The molecule has 1 unspecified atom stereocenters. The Morgan fingerprint density at radius 2 is 1.63 bits per heavy atom. The molecule has 27 heavy (non-hydrogen) atoms. The van der Waals surface area contributed by atoms with Crippen molar-refractivity contribution in [3.63, 3.8) is 0 Å². The summed E-state index contributed by atoms with van der Waals surface area (Å²) in [5.74, 6) is -0.188. The van der Waals surface area contributed by atoms with Gasteiger partial charge in [0.1, 0.15) is 0 Å². The van der Waals surface area contributed by atoms with Crippen LogP contribution in [0.5, 0.6) is 0 Å². The van der Waals surface area contributed by atoms with Crippen LogP contribution in [-0.2, 0) is 0 Å². The van der Waals surface area contributed by atoms with Crippen molar-refractivity contribution in [3.05, 3.63) is 99.8 Å². The minimum Gasteiger partial charge on any atom is -0.267 e. The Balaban J connectivity index is 1.72. The van der Waals surface area contributed by atoms with Gasteiger partial charge < -0.3 is 0 Å². The first kappa shape index (κ1) is 17.7. The van der Waals surface area contributed by atoms with Crippen LogP contribution in [-0.4, -0.2) is 21.6 Å². The number of hydrogen-bond donors (Lipinski definition) is 0. The first-order valence-electron chi connectivity index (χ1n) is 8.44. The number of carbonyl (C=O) groups is 1. The Morgan fingerprint density at radius 1 is 0.963 bits per heavy atom. The van der Waals surface area contributed by atoms with Crippen molar-refractivity contribution in [2.45, 2.75) is 12.5 Å². The highest BCUT2D eigenvalue weighted by Gasteiger charge is 2.33. The van der Waals surface area contributed by atoms with Crippen molar-refractivity contribution in [1.29, 1.82) is 0 Å².